The maximum absolute atomic E-state index is 12.4. The van der Waals surface area contributed by atoms with Crippen LogP contribution in [0, 0.1) is 0 Å². The first-order chi connectivity index (χ1) is 12.1. The number of para-hydroxylation sites is 1. The van der Waals surface area contributed by atoms with Crippen molar-refractivity contribution in [2.45, 2.75) is 24.7 Å². The highest BCUT2D eigenvalue weighted by Gasteiger charge is 2.46. The summed E-state index contributed by atoms with van der Waals surface area (Å²) < 4.78 is 3.20. The van der Waals surface area contributed by atoms with Crippen LogP contribution < -0.4 is 5.32 Å². The van der Waals surface area contributed by atoms with Gasteiger partial charge in [0.2, 0.25) is 5.91 Å². The van der Waals surface area contributed by atoms with Crippen molar-refractivity contribution in [2.24, 2.45) is 7.05 Å². The molecular weight excluding hydrogens is 376 g/mol. The number of fused-ring (bicyclic) bond motifs is 1. The molecule has 3 aromatic rings. The van der Waals surface area contributed by atoms with Gasteiger partial charge in [-0.15, -0.1) is 0 Å². The molecule has 2 aromatic carbocycles. The largest absolute Gasteiger partial charge is 0.355 e. The fourth-order valence-electron chi connectivity index (χ4n) is 3.62. The number of amides is 1. The molecule has 1 fully saturated rings. The summed E-state index contributed by atoms with van der Waals surface area (Å²) in [6.07, 6.45) is 4.93. The van der Waals surface area contributed by atoms with Crippen LogP contribution in [0.25, 0.3) is 10.9 Å². The van der Waals surface area contributed by atoms with E-state index in [2.05, 4.69) is 63.3 Å². The van der Waals surface area contributed by atoms with Gasteiger partial charge in [-0.2, -0.15) is 0 Å². The number of aromatic nitrogens is 1. The van der Waals surface area contributed by atoms with Crippen molar-refractivity contribution in [3.63, 3.8) is 0 Å². The lowest BCUT2D eigenvalue weighted by Crippen LogP contribution is -2.33. The van der Waals surface area contributed by atoms with E-state index in [1.54, 1.807) is 0 Å². The van der Waals surface area contributed by atoms with Crippen LogP contribution in [0.3, 0.4) is 0 Å². The van der Waals surface area contributed by atoms with Gasteiger partial charge in [0.25, 0.3) is 0 Å². The molecule has 0 saturated heterocycles. The summed E-state index contributed by atoms with van der Waals surface area (Å²) in [5.41, 5.74) is 3.76. The molecule has 1 N–H and O–H groups in total. The first-order valence-corrected chi connectivity index (χ1v) is 9.42. The van der Waals surface area contributed by atoms with Gasteiger partial charge < -0.3 is 9.88 Å². The fourth-order valence-corrected chi connectivity index (χ4v) is 4.07. The Kier molecular flexibility index (Phi) is 4.16. The minimum Gasteiger partial charge on any atom is -0.355 e. The Balaban J connectivity index is 1.48. The van der Waals surface area contributed by atoms with Crippen LogP contribution >= 0.6 is 15.9 Å². The molecule has 1 amide bonds. The van der Waals surface area contributed by atoms with Gasteiger partial charge in [0.1, 0.15) is 0 Å². The zero-order valence-electron chi connectivity index (χ0n) is 14.3. The molecule has 0 aliphatic heterocycles. The molecule has 0 bridgehead atoms. The van der Waals surface area contributed by atoms with Gasteiger partial charge in [-0.25, -0.2) is 0 Å². The number of halogens is 1. The molecule has 1 saturated carbocycles. The second-order valence-corrected chi connectivity index (χ2v) is 7.95. The van der Waals surface area contributed by atoms with Gasteiger partial charge >= 0.3 is 0 Å². The van der Waals surface area contributed by atoms with E-state index in [4.69, 9.17) is 0 Å². The van der Waals surface area contributed by atoms with Crippen molar-refractivity contribution in [3.8, 4) is 0 Å². The molecule has 0 radical (unpaired) electrons. The van der Waals surface area contributed by atoms with Gasteiger partial charge in [0.15, 0.2) is 0 Å². The number of nitrogens with zero attached hydrogens (tertiary/aromatic N) is 1. The summed E-state index contributed by atoms with van der Waals surface area (Å²) in [5.74, 6) is 0.0876. The molecule has 4 heteroatoms. The SMILES string of the molecule is Cn1cc(C2(CNC(=O)Cc3cccc(Br)c3)CC2)c2ccccc21. The second-order valence-electron chi connectivity index (χ2n) is 7.03. The highest BCUT2D eigenvalue weighted by Crippen LogP contribution is 2.50. The van der Waals surface area contributed by atoms with Crippen LogP contribution in [0.4, 0.5) is 0 Å². The first-order valence-electron chi connectivity index (χ1n) is 8.63. The van der Waals surface area contributed by atoms with Crippen LogP contribution in [0.5, 0.6) is 0 Å². The normalized spacial score (nSPS) is 15.3. The van der Waals surface area contributed by atoms with Gasteiger partial charge in [-0.3, -0.25) is 4.79 Å². The molecule has 128 valence electrons. The molecule has 0 unspecified atom stereocenters. The summed E-state index contributed by atoms with van der Waals surface area (Å²) in [4.78, 5) is 12.4. The molecule has 3 nitrogen and oxygen atoms in total. The number of hydrogen-bond acceptors (Lipinski definition) is 1. The highest BCUT2D eigenvalue weighted by molar-refractivity contribution is 9.10. The molecule has 25 heavy (non-hydrogen) atoms. The lowest BCUT2D eigenvalue weighted by molar-refractivity contribution is -0.120. The van der Waals surface area contributed by atoms with Crippen molar-refractivity contribution < 1.29 is 4.79 Å². The number of hydrogen-bond donors (Lipinski definition) is 1. The topological polar surface area (TPSA) is 34.0 Å². The summed E-state index contributed by atoms with van der Waals surface area (Å²) in [7, 11) is 2.09. The molecule has 1 heterocycles. The van der Waals surface area contributed by atoms with Crippen LogP contribution in [-0.2, 0) is 23.7 Å². The number of benzene rings is 2. The minimum absolute atomic E-state index is 0.0876. The van der Waals surface area contributed by atoms with E-state index in [0.29, 0.717) is 13.0 Å². The van der Waals surface area contributed by atoms with Crippen molar-refractivity contribution in [3.05, 3.63) is 70.3 Å². The van der Waals surface area contributed by atoms with Crippen molar-refractivity contribution in [1.29, 1.82) is 0 Å². The minimum atomic E-state index is 0.0876. The quantitative estimate of drug-likeness (QED) is 0.683. The Labute approximate surface area is 156 Å². The van der Waals surface area contributed by atoms with Crippen LogP contribution in [0.1, 0.15) is 24.0 Å². The van der Waals surface area contributed by atoms with Crippen LogP contribution in [0.2, 0.25) is 0 Å². The Morgan fingerprint density at radius 2 is 2.00 bits per heavy atom. The zero-order valence-corrected chi connectivity index (χ0v) is 15.8. The van der Waals surface area contributed by atoms with Crippen molar-refractivity contribution >= 4 is 32.7 Å². The third-order valence-corrected chi connectivity index (χ3v) is 5.69. The summed E-state index contributed by atoms with van der Waals surface area (Å²) >= 11 is 3.45. The highest BCUT2D eigenvalue weighted by atomic mass is 79.9. The van der Waals surface area contributed by atoms with Crippen molar-refractivity contribution in [1.82, 2.24) is 9.88 Å². The van der Waals surface area contributed by atoms with E-state index in [9.17, 15) is 4.79 Å². The predicted octanol–water partition coefficient (Wildman–Crippen LogP) is 4.33. The molecule has 1 aromatic heterocycles. The van der Waals surface area contributed by atoms with Crippen LogP contribution in [0.15, 0.2) is 59.2 Å². The van der Waals surface area contributed by atoms with Gasteiger partial charge in [0.05, 0.1) is 6.42 Å². The average molecular weight is 397 g/mol. The first kappa shape index (κ1) is 16.4. The third kappa shape index (κ3) is 3.23. The molecule has 1 aliphatic carbocycles. The molecule has 4 rings (SSSR count). The monoisotopic (exact) mass is 396 g/mol. The lowest BCUT2D eigenvalue weighted by atomic mass is 9.95. The fraction of sp³-hybridized carbons (Fsp3) is 0.286. The van der Waals surface area contributed by atoms with E-state index < -0.39 is 0 Å². The Morgan fingerprint density at radius 3 is 2.76 bits per heavy atom. The summed E-state index contributed by atoms with van der Waals surface area (Å²) in [5, 5.41) is 4.47. The smallest absolute Gasteiger partial charge is 0.224 e. The summed E-state index contributed by atoms with van der Waals surface area (Å²) in [6, 6.07) is 16.4. The Morgan fingerprint density at radius 1 is 1.20 bits per heavy atom. The standard InChI is InChI=1S/C21H21BrN2O/c1-24-13-18(17-7-2-3-8-19(17)24)21(9-10-21)14-23-20(25)12-15-5-4-6-16(22)11-15/h2-8,11,13H,9-10,12,14H2,1H3,(H,23,25). The Bertz CT molecular complexity index is 940. The predicted molar refractivity (Wildman–Crippen MR) is 105 cm³/mol. The number of nitrogens with one attached hydrogen (secondary N) is 1. The number of aryl methyl sites for hydroxylation is 1. The number of rotatable bonds is 5. The van der Waals surface area contributed by atoms with E-state index in [1.165, 1.54) is 16.5 Å². The van der Waals surface area contributed by atoms with Gasteiger partial charge in [-0.1, -0.05) is 46.3 Å². The molecule has 1 aliphatic rings. The molecule has 0 spiro atoms. The van der Waals surface area contributed by atoms with Crippen molar-refractivity contribution in [2.75, 3.05) is 6.54 Å². The van der Waals surface area contributed by atoms with E-state index in [0.717, 1.165) is 22.9 Å². The maximum atomic E-state index is 12.4. The summed E-state index contributed by atoms with van der Waals surface area (Å²) in [6.45, 7) is 0.716. The van der Waals surface area contributed by atoms with Gasteiger partial charge in [0, 0.05) is 40.6 Å². The van der Waals surface area contributed by atoms with Crippen LogP contribution in [-0.4, -0.2) is 17.0 Å². The van der Waals surface area contributed by atoms with Gasteiger partial charge in [-0.05, 0) is 42.2 Å². The molecule has 0 atom stereocenters. The second kappa shape index (κ2) is 6.34. The maximum Gasteiger partial charge on any atom is 0.224 e. The average Bonchev–Trinajstić information content (AvgIpc) is 3.31. The van der Waals surface area contributed by atoms with E-state index in [-0.39, 0.29) is 11.3 Å². The zero-order chi connectivity index (χ0) is 17.4. The van der Waals surface area contributed by atoms with E-state index >= 15 is 0 Å². The number of carbonyl (C=O) groups excluding carboxylic acids is 1. The molecular formula is C21H21BrN2O. The van der Waals surface area contributed by atoms with E-state index in [1.807, 2.05) is 24.3 Å². The Hall–Kier alpha value is -2.07. The lowest BCUT2D eigenvalue weighted by Gasteiger charge is -2.16. The third-order valence-electron chi connectivity index (χ3n) is 5.20. The number of carbonyl (C=O) groups is 1.